The number of thiophene rings is 1. The number of hydrogen-bond acceptors (Lipinski definition) is 3. The van der Waals surface area contributed by atoms with Crippen molar-refractivity contribution >= 4 is 21.5 Å². The van der Waals surface area contributed by atoms with Gasteiger partial charge in [0.05, 0.1) is 4.90 Å². The maximum absolute atomic E-state index is 10.8. The SMILES string of the molecule is O=S(=O)(O)c1ccc(-c2cccs2)cc1.[H-].[Na+]. The van der Waals surface area contributed by atoms with E-state index in [4.69, 9.17) is 4.55 Å². The Kier molecular flexibility index (Phi) is 4.73. The molecular weight excluding hydrogens is 255 g/mol. The van der Waals surface area contributed by atoms with Crippen LogP contribution in [-0.2, 0) is 10.1 Å². The summed E-state index contributed by atoms with van der Waals surface area (Å²) in [6.07, 6.45) is 0. The molecule has 0 radical (unpaired) electrons. The largest absolute Gasteiger partial charge is 1.00 e. The number of benzene rings is 1. The van der Waals surface area contributed by atoms with E-state index >= 15 is 0 Å². The van der Waals surface area contributed by atoms with Crippen molar-refractivity contribution in [1.29, 1.82) is 0 Å². The van der Waals surface area contributed by atoms with Gasteiger partial charge in [-0.15, -0.1) is 11.3 Å². The van der Waals surface area contributed by atoms with Crippen LogP contribution in [0.5, 0.6) is 0 Å². The van der Waals surface area contributed by atoms with Crippen LogP contribution in [-0.4, -0.2) is 13.0 Å². The zero-order chi connectivity index (χ0) is 10.9. The van der Waals surface area contributed by atoms with E-state index in [9.17, 15) is 8.42 Å². The molecule has 0 bridgehead atoms. The third-order valence-electron chi connectivity index (χ3n) is 1.96. The van der Waals surface area contributed by atoms with Crippen molar-refractivity contribution in [3.8, 4) is 10.4 Å². The molecule has 6 heteroatoms. The zero-order valence-corrected chi connectivity index (χ0v) is 12.3. The molecule has 2 aromatic rings. The third-order valence-corrected chi connectivity index (χ3v) is 3.74. The molecule has 0 aliphatic heterocycles. The summed E-state index contributed by atoms with van der Waals surface area (Å²) in [5.74, 6) is 0. The molecule has 0 fully saturated rings. The Bertz CT molecular complexity index is 550. The van der Waals surface area contributed by atoms with Crippen molar-refractivity contribution in [2.75, 3.05) is 0 Å². The van der Waals surface area contributed by atoms with Gasteiger partial charge in [0, 0.05) is 4.88 Å². The fourth-order valence-electron chi connectivity index (χ4n) is 1.23. The zero-order valence-electron chi connectivity index (χ0n) is 9.62. The molecule has 1 heterocycles. The monoisotopic (exact) mass is 264 g/mol. The summed E-state index contributed by atoms with van der Waals surface area (Å²) in [5, 5.41) is 1.95. The molecular formula is C10H9NaO3S2. The first kappa shape index (κ1) is 13.9. The molecule has 0 saturated heterocycles. The van der Waals surface area contributed by atoms with E-state index in [1.165, 1.54) is 12.1 Å². The van der Waals surface area contributed by atoms with E-state index < -0.39 is 10.1 Å². The first-order valence-electron chi connectivity index (χ1n) is 4.19. The molecule has 3 nitrogen and oxygen atoms in total. The first-order valence-corrected chi connectivity index (χ1v) is 6.51. The fourth-order valence-corrected chi connectivity index (χ4v) is 2.45. The van der Waals surface area contributed by atoms with Crippen LogP contribution in [0.3, 0.4) is 0 Å². The summed E-state index contributed by atoms with van der Waals surface area (Å²) in [6, 6.07) is 10.0. The van der Waals surface area contributed by atoms with Crippen LogP contribution in [0.1, 0.15) is 1.43 Å². The van der Waals surface area contributed by atoms with Gasteiger partial charge in [0.15, 0.2) is 0 Å². The van der Waals surface area contributed by atoms with Crippen LogP contribution in [0, 0.1) is 0 Å². The predicted molar refractivity (Wildman–Crippen MR) is 60.7 cm³/mol. The van der Waals surface area contributed by atoms with Crippen molar-refractivity contribution in [1.82, 2.24) is 0 Å². The van der Waals surface area contributed by atoms with Gasteiger partial charge < -0.3 is 1.43 Å². The maximum atomic E-state index is 10.8. The molecule has 2 rings (SSSR count). The van der Waals surface area contributed by atoms with Gasteiger partial charge in [0.2, 0.25) is 0 Å². The van der Waals surface area contributed by atoms with Crippen molar-refractivity contribution in [3.05, 3.63) is 41.8 Å². The van der Waals surface area contributed by atoms with Gasteiger partial charge in [-0.25, -0.2) is 0 Å². The Labute approximate surface area is 122 Å². The second kappa shape index (κ2) is 5.44. The van der Waals surface area contributed by atoms with Gasteiger partial charge in [-0.1, -0.05) is 18.2 Å². The van der Waals surface area contributed by atoms with Gasteiger partial charge in [0.1, 0.15) is 0 Å². The molecule has 16 heavy (non-hydrogen) atoms. The van der Waals surface area contributed by atoms with Crippen molar-refractivity contribution < 1.29 is 44.0 Å². The average molecular weight is 264 g/mol. The molecule has 0 atom stereocenters. The van der Waals surface area contributed by atoms with E-state index in [0.29, 0.717) is 0 Å². The van der Waals surface area contributed by atoms with Crippen LogP contribution in [0.4, 0.5) is 0 Å². The number of rotatable bonds is 2. The van der Waals surface area contributed by atoms with Crippen LogP contribution in [0.25, 0.3) is 10.4 Å². The summed E-state index contributed by atoms with van der Waals surface area (Å²) >= 11 is 1.58. The van der Waals surface area contributed by atoms with Crippen LogP contribution in [0.2, 0.25) is 0 Å². The van der Waals surface area contributed by atoms with E-state index in [-0.39, 0.29) is 35.9 Å². The maximum Gasteiger partial charge on any atom is 1.00 e. The molecule has 80 valence electrons. The normalized spacial score (nSPS) is 10.8. The molecule has 1 aromatic heterocycles. The molecule has 1 N–H and O–H groups in total. The summed E-state index contributed by atoms with van der Waals surface area (Å²) < 4.78 is 30.4. The quantitative estimate of drug-likeness (QED) is 0.602. The Morgan fingerprint density at radius 2 is 1.75 bits per heavy atom. The molecule has 0 spiro atoms. The summed E-state index contributed by atoms with van der Waals surface area (Å²) in [6.45, 7) is 0. The van der Waals surface area contributed by atoms with E-state index in [2.05, 4.69) is 0 Å². The van der Waals surface area contributed by atoms with Crippen LogP contribution in [0.15, 0.2) is 46.7 Å². The minimum atomic E-state index is -4.08. The molecule has 0 saturated carbocycles. The summed E-state index contributed by atoms with van der Waals surface area (Å²) in [5.41, 5.74) is 0.942. The smallest absolute Gasteiger partial charge is 1.00 e. The average Bonchev–Trinajstić information content (AvgIpc) is 2.69. The topological polar surface area (TPSA) is 54.4 Å². The molecule has 0 amide bonds. The minimum Gasteiger partial charge on any atom is -1.00 e. The summed E-state index contributed by atoms with van der Waals surface area (Å²) in [7, 11) is -4.08. The Balaban J connectivity index is 0.00000128. The molecule has 0 aliphatic rings. The molecule has 0 aliphatic carbocycles. The van der Waals surface area contributed by atoms with Gasteiger partial charge in [-0.2, -0.15) is 8.42 Å². The minimum absolute atomic E-state index is 0. The fraction of sp³-hybridized carbons (Fsp3) is 0. The van der Waals surface area contributed by atoms with E-state index in [1.807, 2.05) is 17.5 Å². The molecule has 0 unspecified atom stereocenters. The van der Waals surface area contributed by atoms with E-state index in [0.717, 1.165) is 10.4 Å². The van der Waals surface area contributed by atoms with Gasteiger partial charge >= 0.3 is 29.6 Å². The second-order valence-electron chi connectivity index (χ2n) is 2.98. The third kappa shape index (κ3) is 3.16. The predicted octanol–water partition coefficient (Wildman–Crippen LogP) is -0.222. The second-order valence-corrected chi connectivity index (χ2v) is 5.35. The van der Waals surface area contributed by atoms with Crippen molar-refractivity contribution in [3.63, 3.8) is 0 Å². The van der Waals surface area contributed by atoms with Gasteiger partial charge in [-0.05, 0) is 29.1 Å². The van der Waals surface area contributed by atoms with Crippen LogP contribution < -0.4 is 29.6 Å². The van der Waals surface area contributed by atoms with Gasteiger partial charge in [0.25, 0.3) is 10.1 Å². The Morgan fingerprint density at radius 1 is 1.12 bits per heavy atom. The van der Waals surface area contributed by atoms with Crippen molar-refractivity contribution in [2.24, 2.45) is 0 Å². The number of hydrogen-bond donors (Lipinski definition) is 1. The first-order chi connectivity index (χ1) is 7.07. The Hall–Kier alpha value is -0.170. The van der Waals surface area contributed by atoms with Gasteiger partial charge in [-0.3, -0.25) is 4.55 Å². The van der Waals surface area contributed by atoms with E-state index in [1.54, 1.807) is 23.5 Å². The van der Waals surface area contributed by atoms with Crippen LogP contribution >= 0.6 is 11.3 Å². The standard InChI is InChI=1S/C10H8O3S2.Na.H/c11-15(12,13)9-5-3-8(4-6-9)10-2-1-7-14-10;;/h1-7H,(H,11,12,13);;/q;+1;-1. The summed E-state index contributed by atoms with van der Waals surface area (Å²) in [4.78, 5) is 0.986. The molecule has 1 aromatic carbocycles. The van der Waals surface area contributed by atoms with Crippen molar-refractivity contribution in [2.45, 2.75) is 4.90 Å². The Morgan fingerprint density at radius 3 is 2.19 bits per heavy atom.